The fourth-order valence-electron chi connectivity index (χ4n) is 5.96. The standard InChI is InChI=1S/C26H30N6O/c1-31(24-20-8-13-27-23(20)28-17-29-24)19-6-9-26(10-7-19)11-14-32(15-12-26)25(33)22-16-18-4-2-3-5-21(18)30-22/h2-5,8,13,16-17,19,30H,6-7,9-12,14-15H2,1H3,(H,27,28,29). The van der Waals surface area contributed by atoms with Gasteiger partial charge in [-0.3, -0.25) is 4.79 Å². The molecule has 1 saturated carbocycles. The Bertz CT molecular complexity index is 1260. The van der Waals surface area contributed by atoms with Gasteiger partial charge in [-0.05, 0) is 62.1 Å². The molecule has 4 aromatic rings. The third kappa shape index (κ3) is 3.56. The number of benzene rings is 1. The number of rotatable bonds is 3. The molecule has 170 valence electrons. The molecule has 1 saturated heterocycles. The number of piperidine rings is 1. The van der Waals surface area contributed by atoms with Gasteiger partial charge in [-0.15, -0.1) is 0 Å². The van der Waals surface area contributed by atoms with Crippen LogP contribution >= 0.6 is 0 Å². The molecule has 1 aliphatic carbocycles. The number of aromatic nitrogens is 4. The van der Waals surface area contributed by atoms with Crippen LogP contribution in [0.4, 0.5) is 5.82 Å². The van der Waals surface area contributed by atoms with Crippen LogP contribution < -0.4 is 4.90 Å². The summed E-state index contributed by atoms with van der Waals surface area (Å²) in [7, 11) is 2.17. The van der Waals surface area contributed by atoms with Crippen molar-refractivity contribution in [3.8, 4) is 0 Å². The SMILES string of the molecule is CN(c1ncnc2[nH]ccc12)C1CCC2(CC1)CCN(C(=O)c1cc3ccccc3[nH]1)CC2. The number of anilines is 1. The molecule has 1 spiro atoms. The van der Waals surface area contributed by atoms with E-state index in [1.165, 1.54) is 25.7 Å². The van der Waals surface area contributed by atoms with Gasteiger partial charge in [-0.1, -0.05) is 18.2 Å². The van der Waals surface area contributed by atoms with E-state index in [0.717, 1.165) is 53.7 Å². The summed E-state index contributed by atoms with van der Waals surface area (Å²) in [5, 5.41) is 2.18. The summed E-state index contributed by atoms with van der Waals surface area (Å²) in [5.41, 5.74) is 3.01. The predicted octanol–water partition coefficient (Wildman–Crippen LogP) is 4.74. The zero-order valence-electron chi connectivity index (χ0n) is 19.1. The lowest BCUT2D eigenvalue weighted by Gasteiger charge is -2.47. The Morgan fingerprint density at radius 1 is 1.09 bits per heavy atom. The van der Waals surface area contributed by atoms with Crippen molar-refractivity contribution in [1.29, 1.82) is 0 Å². The van der Waals surface area contributed by atoms with Crippen molar-refractivity contribution in [2.45, 2.75) is 44.6 Å². The molecule has 2 fully saturated rings. The molecule has 1 amide bonds. The molecule has 2 aliphatic rings. The van der Waals surface area contributed by atoms with Crippen LogP contribution in [0.15, 0.2) is 48.9 Å². The quantitative estimate of drug-likeness (QED) is 0.480. The Hall–Kier alpha value is -3.35. The largest absolute Gasteiger partial charge is 0.356 e. The van der Waals surface area contributed by atoms with Gasteiger partial charge >= 0.3 is 0 Å². The fraction of sp³-hybridized carbons (Fsp3) is 0.423. The molecule has 1 aliphatic heterocycles. The number of amides is 1. The van der Waals surface area contributed by atoms with Gasteiger partial charge in [0, 0.05) is 43.3 Å². The lowest BCUT2D eigenvalue weighted by atomic mass is 9.66. The minimum absolute atomic E-state index is 0.133. The van der Waals surface area contributed by atoms with Gasteiger partial charge in [0.25, 0.3) is 5.91 Å². The van der Waals surface area contributed by atoms with E-state index in [-0.39, 0.29) is 5.91 Å². The van der Waals surface area contributed by atoms with Crippen LogP contribution in [0.5, 0.6) is 0 Å². The van der Waals surface area contributed by atoms with Crippen molar-refractivity contribution < 1.29 is 4.79 Å². The van der Waals surface area contributed by atoms with Crippen LogP contribution in [0.2, 0.25) is 0 Å². The average Bonchev–Trinajstić information content (AvgIpc) is 3.51. The molecule has 7 nitrogen and oxygen atoms in total. The molecule has 0 radical (unpaired) electrons. The van der Waals surface area contributed by atoms with E-state index in [2.05, 4.69) is 37.9 Å². The van der Waals surface area contributed by atoms with Crippen LogP contribution in [0.25, 0.3) is 21.9 Å². The molecule has 6 rings (SSSR count). The van der Waals surface area contributed by atoms with Gasteiger partial charge < -0.3 is 19.8 Å². The first-order valence-corrected chi connectivity index (χ1v) is 12.0. The number of fused-ring (bicyclic) bond motifs is 2. The van der Waals surface area contributed by atoms with Crippen LogP contribution in [-0.4, -0.2) is 56.9 Å². The van der Waals surface area contributed by atoms with Crippen molar-refractivity contribution in [2.75, 3.05) is 25.0 Å². The number of likely N-dealkylation sites (tertiary alicyclic amines) is 1. The molecule has 3 aromatic heterocycles. The molecule has 0 atom stereocenters. The highest BCUT2D eigenvalue weighted by Crippen LogP contribution is 2.46. The van der Waals surface area contributed by atoms with E-state index in [0.29, 0.717) is 17.2 Å². The van der Waals surface area contributed by atoms with Crippen LogP contribution in [0.1, 0.15) is 49.0 Å². The number of nitrogens with one attached hydrogen (secondary N) is 2. The lowest BCUT2D eigenvalue weighted by Crippen LogP contribution is -2.47. The Balaban J connectivity index is 1.08. The van der Waals surface area contributed by atoms with Crippen molar-refractivity contribution in [3.05, 3.63) is 54.6 Å². The van der Waals surface area contributed by atoms with E-state index in [4.69, 9.17) is 0 Å². The minimum atomic E-state index is 0.133. The zero-order chi connectivity index (χ0) is 22.4. The summed E-state index contributed by atoms with van der Waals surface area (Å²) in [6.07, 6.45) is 10.6. The van der Waals surface area contributed by atoms with E-state index < -0.39 is 0 Å². The number of hydrogen-bond donors (Lipinski definition) is 2. The summed E-state index contributed by atoms with van der Waals surface area (Å²) in [5.74, 6) is 1.15. The molecule has 0 bridgehead atoms. The van der Waals surface area contributed by atoms with Gasteiger partial charge in [0.2, 0.25) is 0 Å². The minimum Gasteiger partial charge on any atom is -0.356 e. The summed E-state index contributed by atoms with van der Waals surface area (Å²) < 4.78 is 0. The smallest absolute Gasteiger partial charge is 0.270 e. The Morgan fingerprint density at radius 3 is 2.67 bits per heavy atom. The maximum atomic E-state index is 13.1. The van der Waals surface area contributed by atoms with Crippen molar-refractivity contribution in [3.63, 3.8) is 0 Å². The number of carbonyl (C=O) groups is 1. The second-order valence-electron chi connectivity index (χ2n) is 9.84. The first-order chi connectivity index (χ1) is 16.1. The molecule has 33 heavy (non-hydrogen) atoms. The van der Waals surface area contributed by atoms with Crippen molar-refractivity contribution >= 4 is 33.7 Å². The number of carbonyl (C=O) groups excluding carboxylic acids is 1. The number of H-pyrrole nitrogens is 2. The van der Waals surface area contributed by atoms with Crippen LogP contribution in [0.3, 0.4) is 0 Å². The molecular formula is C26H30N6O. The Labute approximate surface area is 193 Å². The van der Waals surface area contributed by atoms with Gasteiger partial charge in [-0.25, -0.2) is 9.97 Å². The van der Waals surface area contributed by atoms with E-state index in [1.807, 2.05) is 41.4 Å². The number of nitrogens with zero attached hydrogens (tertiary/aromatic N) is 4. The monoisotopic (exact) mass is 442 g/mol. The first kappa shape index (κ1) is 20.3. The van der Waals surface area contributed by atoms with Crippen LogP contribution in [-0.2, 0) is 0 Å². The van der Waals surface area contributed by atoms with E-state index in [9.17, 15) is 4.79 Å². The third-order valence-corrected chi connectivity index (χ3v) is 8.10. The van der Waals surface area contributed by atoms with Gasteiger partial charge in [0.05, 0.1) is 5.39 Å². The second-order valence-corrected chi connectivity index (χ2v) is 9.84. The Morgan fingerprint density at radius 2 is 1.88 bits per heavy atom. The second kappa shape index (κ2) is 7.90. The highest BCUT2D eigenvalue weighted by molar-refractivity contribution is 5.98. The summed E-state index contributed by atoms with van der Waals surface area (Å²) in [6.45, 7) is 1.70. The lowest BCUT2D eigenvalue weighted by molar-refractivity contribution is 0.0446. The number of para-hydroxylation sites is 1. The zero-order valence-corrected chi connectivity index (χ0v) is 19.1. The normalized spacial score (nSPS) is 18.9. The number of hydrogen-bond acceptors (Lipinski definition) is 4. The summed E-state index contributed by atoms with van der Waals surface area (Å²) in [4.78, 5) is 32.9. The third-order valence-electron chi connectivity index (χ3n) is 8.10. The molecular weight excluding hydrogens is 412 g/mol. The van der Waals surface area contributed by atoms with Gasteiger partial charge in [-0.2, -0.15) is 0 Å². The predicted molar refractivity (Wildman–Crippen MR) is 130 cm³/mol. The van der Waals surface area contributed by atoms with Crippen LogP contribution in [0, 0.1) is 5.41 Å². The maximum Gasteiger partial charge on any atom is 0.270 e. The van der Waals surface area contributed by atoms with E-state index in [1.54, 1.807) is 6.33 Å². The van der Waals surface area contributed by atoms with Gasteiger partial charge in [0.15, 0.2) is 0 Å². The van der Waals surface area contributed by atoms with Crippen molar-refractivity contribution in [2.24, 2.45) is 5.41 Å². The maximum absolute atomic E-state index is 13.1. The molecule has 4 heterocycles. The molecule has 7 heteroatoms. The molecule has 1 aromatic carbocycles. The average molecular weight is 443 g/mol. The fourth-order valence-corrected chi connectivity index (χ4v) is 5.96. The van der Waals surface area contributed by atoms with Gasteiger partial charge in [0.1, 0.15) is 23.5 Å². The summed E-state index contributed by atoms with van der Waals surface area (Å²) in [6, 6.07) is 12.6. The summed E-state index contributed by atoms with van der Waals surface area (Å²) >= 11 is 0. The van der Waals surface area contributed by atoms with Crippen molar-refractivity contribution in [1.82, 2.24) is 24.8 Å². The first-order valence-electron chi connectivity index (χ1n) is 12.0. The Kier molecular flexibility index (Phi) is 4.85. The molecule has 0 unspecified atom stereocenters. The number of aromatic amines is 2. The van der Waals surface area contributed by atoms with E-state index >= 15 is 0 Å². The molecule has 2 N–H and O–H groups in total. The highest BCUT2D eigenvalue weighted by atomic mass is 16.2. The topological polar surface area (TPSA) is 80.9 Å². The highest BCUT2D eigenvalue weighted by Gasteiger charge is 2.40.